The van der Waals surface area contributed by atoms with Crippen molar-refractivity contribution in [2.75, 3.05) is 25.4 Å². The number of hydrogen-bond donors (Lipinski definition) is 1. The van der Waals surface area contributed by atoms with Crippen molar-refractivity contribution in [1.82, 2.24) is 10.2 Å². The summed E-state index contributed by atoms with van der Waals surface area (Å²) in [7, 11) is 0. The summed E-state index contributed by atoms with van der Waals surface area (Å²) in [6.45, 7) is 4.68. The standard InChI is InChI=1S/C11H18N2O2S/c1-2-3-13-10(14)4-9(11(13)15)16-7-8-5-12-6-8/h8-9,12H,2-7H2,1H3. The smallest absolute Gasteiger partial charge is 0.242 e. The van der Waals surface area contributed by atoms with Crippen molar-refractivity contribution in [2.24, 2.45) is 5.92 Å². The van der Waals surface area contributed by atoms with Crippen LogP contribution in [0.25, 0.3) is 0 Å². The number of rotatable bonds is 5. The lowest BCUT2D eigenvalue weighted by molar-refractivity contribution is -0.138. The molecule has 0 aromatic carbocycles. The molecule has 2 aliphatic rings. The van der Waals surface area contributed by atoms with E-state index in [1.807, 2.05) is 6.92 Å². The van der Waals surface area contributed by atoms with E-state index in [0.717, 1.165) is 25.3 Å². The van der Waals surface area contributed by atoms with Gasteiger partial charge in [-0.15, -0.1) is 11.8 Å². The lowest BCUT2D eigenvalue weighted by Gasteiger charge is -2.27. The topological polar surface area (TPSA) is 49.4 Å². The van der Waals surface area contributed by atoms with Crippen LogP contribution in [-0.4, -0.2) is 47.4 Å². The Morgan fingerprint density at radius 2 is 2.19 bits per heavy atom. The van der Waals surface area contributed by atoms with Gasteiger partial charge in [0.25, 0.3) is 0 Å². The molecule has 16 heavy (non-hydrogen) atoms. The van der Waals surface area contributed by atoms with Gasteiger partial charge in [0.05, 0.1) is 5.25 Å². The summed E-state index contributed by atoms with van der Waals surface area (Å²) in [5, 5.41) is 3.10. The van der Waals surface area contributed by atoms with E-state index in [4.69, 9.17) is 0 Å². The first-order valence-electron chi connectivity index (χ1n) is 5.89. The van der Waals surface area contributed by atoms with Crippen LogP contribution in [0.1, 0.15) is 19.8 Å². The number of amides is 2. The zero-order valence-corrected chi connectivity index (χ0v) is 10.4. The fourth-order valence-electron chi connectivity index (χ4n) is 1.96. The summed E-state index contributed by atoms with van der Waals surface area (Å²) in [4.78, 5) is 24.9. The van der Waals surface area contributed by atoms with Gasteiger partial charge < -0.3 is 5.32 Å². The largest absolute Gasteiger partial charge is 0.316 e. The van der Waals surface area contributed by atoms with Gasteiger partial charge in [0.2, 0.25) is 11.8 Å². The van der Waals surface area contributed by atoms with E-state index in [9.17, 15) is 9.59 Å². The Morgan fingerprint density at radius 1 is 1.44 bits per heavy atom. The SMILES string of the molecule is CCCN1C(=O)CC(SCC2CNC2)C1=O. The molecule has 0 aliphatic carbocycles. The minimum Gasteiger partial charge on any atom is -0.316 e. The van der Waals surface area contributed by atoms with Crippen LogP contribution in [0.3, 0.4) is 0 Å². The van der Waals surface area contributed by atoms with Gasteiger partial charge in [0, 0.05) is 13.0 Å². The molecule has 1 atom stereocenters. The van der Waals surface area contributed by atoms with Gasteiger partial charge in [0.15, 0.2) is 0 Å². The molecule has 2 rings (SSSR count). The van der Waals surface area contributed by atoms with Crippen LogP contribution in [0.4, 0.5) is 0 Å². The third-order valence-electron chi connectivity index (χ3n) is 3.05. The maximum atomic E-state index is 11.9. The fourth-order valence-corrected chi connectivity index (χ4v) is 3.23. The molecule has 0 spiro atoms. The molecular formula is C11H18N2O2S. The minimum atomic E-state index is -0.111. The number of carbonyl (C=O) groups excluding carboxylic acids is 2. The van der Waals surface area contributed by atoms with Gasteiger partial charge in [0.1, 0.15) is 0 Å². The number of nitrogens with one attached hydrogen (secondary N) is 1. The highest BCUT2D eigenvalue weighted by Gasteiger charge is 2.38. The summed E-state index contributed by atoms with van der Waals surface area (Å²) in [6.07, 6.45) is 1.26. The predicted octanol–water partition coefficient (Wildman–Crippen LogP) is 0.476. The van der Waals surface area contributed by atoms with Crippen molar-refractivity contribution in [3.8, 4) is 0 Å². The van der Waals surface area contributed by atoms with Gasteiger partial charge >= 0.3 is 0 Å². The summed E-state index contributed by atoms with van der Waals surface area (Å²) < 4.78 is 0. The first kappa shape index (κ1) is 11.9. The molecule has 2 heterocycles. The lowest BCUT2D eigenvalue weighted by Crippen LogP contribution is -2.43. The second-order valence-electron chi connectivity index (χ2n) is 4.43. The van der Waals surface area contributed by atoms with E-state index in [-0.39, 0.29) is 17.1 Å². The maximum absolute atomic E-state index is 11.9. The van der Waals surface area contributed by atoms with Crippen LogP contribution in [0.15, 0.2) is 0 Å². The molecule has 2 aliphatic heterocycles. The first-order chi connectivity index (χ1) is 7.72. The Hall–Kier alpha value is -0.550. The van der Waals surface area contributed by atoms with E-state index in [0.29, 0.717) is 18.9 Å². The van der Waals surface area contributed by atoms with E-state index in [1.165, 1.54) is 4.90 Å². The van der Waals surface area contributed by atoms with Crippen molar-refractivity contribution in [1.29, 1.82) is 0 Å². The zero-order chi connectivity index (χ0) is 11.5. The minimum absolute atomic E-state index is 0.0103. The number of likely N-dealkylation sites (tertiary alicyclic amines) is 1. The molecule has 2 saturated heterocycles. The highest BCUT2D eigenvalue weighted by atomic mass is 32.2. The molecule has 0 aromatic rings. The van der Waals surface area contributed by atoms with E-state index in [1.54, 1.807) is 11.8 Å². The van der Waals surface area contributed by atoms with Gasteiger partial charge in [-0.3, -0.25) is 14.5 Å². The Morgan fingerprint density at radius 3 is 2.75 bits per heavy atom. The average molecular weight is 242 g/mol. The second-order valence-corrected chi connectivity index (χ2v) is 5.67. The average Bonchev–Trinajstić information content (AvgIpc) is 2.44. The second kappa shape index (κ2) is 5.19. The summed E-state index contributed by atoms with van der Waals surface area (Å²) in [5.74, 6) is 1.73. The van der Waals surface area contributed by atoms with Crippen LogP contribution in [0.2, 0.25) is 0 Å². The van der Waals surface area contributed by atoms with Crippen LogP contribution in [-0.2, 0) is 9.59 Å². The van der Waals surface area contributed by atoms with Crippen molar-refractivity contribution < 1.29 is 9.59 Å². The lowest BCUT2D eigenvalue weighted by atomic mass is 10.1. The fraction of sp³-hybridized carbons (Fsp3) is 0.818. The summed E-state index contributed by atoms with van der Waals surface area (Å²) >= 11 is 1.66. The molecule has 2 amide bonds. The Balaban J connectivity index is 1.81. The van der Waals surface area contributed by atoms with E-state index >= 15 is 0 Å². The van der Waals surface area contributed by atoms with Crippen molar-refractivity contribution in [2.45, 2.75) is 25.0 Å². The molecule has 0 bridgehead atoms. The zero-order valence-electron chi connectivity index (χ0n) is 9.57. The monoisotopic (exact) mass is 242 g/mol. The number of nitrogens with zero attached hydrogens (tertiary/aromatic N) is 1. The molecule has 2 fully saturated rings. The number of thioether (sulfide) groups is 1. The molecule has 90 valence electrons. The van der Waals surface area contributed by atoms with E-state index < -0.39 is 0 Å². The van der Waals surface area contributed by atoms with Crippen LogP contribution in [0, 0.1) is 5.92 Å². The highest BCUT2D eigenvalue weighted by molar-refractivity contribution is 8.00. The first-order valence-corrected chi connectivity index (χ1v) is 6.93. The quantitative estimate of drug-likeness (QED) is 0.712. The van der Waals surface area contributed by atoms with Gasteiger partial charge in [-0.05, 0) is 31.2 Å². The van der Waals surface area contributed by atoms with Gasteiger partial charge in [-0.2, -0.15) is 0 Å². The highest BCUT2D eigenvalue weighted by Crippen LogP contribution is 2.27. The van der Waals surface area contributed by atoms with Crippen molar-refractivity contribution in [3.63, 3.8) is 0 Å². The Bertz CT molecular complexity index is 292. The predicted molar refractivity (Wildman–Crippen MR) is 64.2 cm³/mol. The number of hydrogen-bond acceptors (Lipinski definition) is 4. The van der Waals surface area contributed by atoms with Crippen LogP contribution in [0.5, 0.6) is 0 Å². The maximum Gasteiger partial charge on any atom is 0.242 e. The molecule has 1 unspecified atom stereocenters. The summed E-state index contributed by atoms with van der Waals surface area (Å²) in [5.41, 5.74) is 0. The Kier molecular flexibility index (Phi) is 3.86. The van der Waals surface area contributed by atoms with Gasteiger partial charge in [-0.1, -0.05) is 6.92 Å². The van der Waals surface area contributed by atoms with Crippen LogP contribution < -0.4 is 5.32 Å². The molecule has 0 radical (unpaired) electrons. The molecular weight excluding hydrogens is 224 g/mol. The van der Waals surface area contributed by atoms with E-state index in [2.05, 4.69) is 5.32 Å². The summed E-state index contributed by atoms with van der Waals surface area (Å²) in [6, 6.07) is 0. The molecule has 5 heteroatoms. The normalized spacial score (nSPS) is 26.3. The molecule has 4 nitrogen and oxygen atoms in total. The van der Waals surface area contributed by atoms with Crippen LogP contribution >= 0.6 is 11.8 Å². The number of carbonyl (C=O) groups is 2. The van der Waals surface area contributed by atoms with Gasteiger partial charge in [-0.25, -0.2) is 0 Å². The van der Waals surface area contributed by atoms with Crippen molar-refractivity contribution in [3.05, 3.63) is 0 Å². The third-order valence-corrected chi connectivity index (χ3v) is 4.48. The number of imide groups is 1. The molecule has 0 saturated carbocycles. The third kappa shape index (κ3) is 2.40. The molecule has 0 aromatic heterocycles. The van der Waals surface area contributed by atoms with Crippen molar-refractivity contribution >= 4 is 23.6 Å². The Labute approximate surface area is 100 Å². The molecule has 1 N–H and O–H groups in total.